The second-order valence-electron chi connectivity index (χ2n) is 5.29. The maximum atomic E-state index is 9.08. The van der Waals surface area contributed by atoms with E-state index in [1.807, 2.05) is 12.3 Å². The first-order valence-electron chi connectivity index (χ1n) is 6.78. The molecule has 0 spiro atoms. The molecule has 1 fully saturated rings. The number of piperidine rings is 1. The number of nitrogens with one attached hydrogen (secondary N) is 1. The van der Waals surface area contributed by atoms with Gasteiger partial charge in [0.2, 0.25) is 0 Å². The van der Waals surface area contributed by atoms with Crippen molar-refractivity contribution in [3.63, 3.8) is 0 Å². The molecule has 1 aromatic rings. The second kappa shape index (κ2) is 5.44. The molecule has 2 aliphatic rings. The summed E-state index contributed by atoms with van der Waals surface area (Å²) in [5, 5.41) is 12.7. The number of allylic oxidation sites excluding steroid dienone is 1. The van der Waals surface area contributed by atoms with Gasteiger partial charge in [-0.1, -0.05) is 6.08 Å². The molecule has 1 aliphatic heterocycles. The molecule has 1 N–H and O–H groups in total. The summed E-state index contributed by atoms with van der Waals surface area (Å²) in [6.45, 7) is 1.12. The molecule has 1 saturated heterocycles. The van der Waals surface area contributed by atoms with E-state index in [1.165, 1.54) is 24.8 Å². The highest BCUT2D eigenvalue weighted by Crippen LogP contribution is 2.34. The van der Waals surface area contributed by atoms with Crippen molar-refractivity contribution in [1.29, 1.82) is 5.26 Å². The molecule has 2 unspecified atom stereocenters. The molecule has 1 aromatic heterocycles. The van der Waals surface area contributed by atoms with E-state index < -0.39 is 0 Å². The minimum absolute atomic E-state index is 0.506. The van der Waals surface area contributed by atoms with E-state index in [9.17, 15) is 0 Å². The van der Waals surface area contributed by atoms with E-state index in [2.05, 4.69) is 38.4 Å². The molecule has 0 saturated carbocycles. The number of aromatic nitrogens is 1. The average Bonchev–Trinajstić information content (AvgIpc) is 2.47. The number of nitrogens with zero attached hydrogens (tertiary/aromatic N) is 2. The number of hydrogen-bond donors (Lipinski definition) is 1. The van der Waals surface area contributed by atoms with Gasteiger partial charge in [-0.2, -0.15) is 5.26 Å². The monoisotopic (exact) mass is 317 g/mol. The highest BCUT2D eigenvalue weighted by atomic mass is 79.9. The summed E-state index contributed by atoms with van der Waals surface area (Å²) in [6.07, 6.45) is 9.17. The van der Waals surface area contributed by atoms with Gasteiger partial charge in [-0.05, 0) is 71.3 Å². The summed E-state index contributed by atoms with van der Waals surface area (Å²) in [5.74, 6) is 0.788. The van der Waals surface area contributed by atoms with Gasteiger partial charge in [-0.25, -0.2) is 4.98 Å². The summed E-state index contributed by atoms with van der Waals surface area (Å²) in [4.78, 5) is 4.26. The van der Waals surface area contributed by atoms with Crippen LogP contribution in [0.1, 0.15) is 36.8 Å². The van der Waals surface area contributed by atoms with Gasteiger partial charge in [-0.15, -0.1) is 0 Å². The van der Waals surface area contributed by atoms with Gasteiger partial charge in [0.15, 0.2) is 0 Å². The van der Waals surface area contributed by atoms with E-state index in [0.717, 1.165) is 24.4 Å². The Balaban J connectivity index is 1.90. The number of nitriles is 1. The molecular weight excluding hydrogens is 302 g/mol. The SMILES string of the molecule is N#Cc1cc(C2=CC3NCCCC3CC2)cnc1Br. The Labute approximate surface area is 121 Å². The third-order valence-corrected chi connectivity index (χ3v) is 4.77. The van der Waals surface area contributed by atoms with E-state index >= 15 is 0 Å². The first kappa shape index (κ1) is 12.8. The topological polar surface area (TPSA) is 48.7 Å². The molecule has 3 nitrogen and oxygen atoms in total. The summed E-state index contributed by atoms with van der Waals surface area (Å²) >= 11 is 3.30. The minimum atomic E-state index is 0.506. The fourth-order valence-electron chi connectivity index (χ4n) is 3.08. The van der Waals surface area contributed by atoms with Gasteiger partial charge < -0.3 is 5.32 Å². The van der Waals surface area contributed by atoms with Crippen molar-refractivity contribution in [2.24, 2.45) is 5.92 Å². The van der Waals surface area contributed by atoms with Crippen LogP contribution in [0.25, 0.3) is 5.57 Å². The van der Waals surface area contributed by atoms with Crippen LogP contribution in [0.15, 0.2) is 22.9 Å². The smallest absolute Gasteiger partial charge is 0.123 e. The molecule has 1 aliphatic carbocycles. The Morgan fingerprint density at radius 2 is 2.32 bits per heavy atom. The summed E-state index contributed by atoms with van der Waals surface area (Å²) < 4.78 is 0.629. The molecule has 0 amide bonds. The Morgan fingerprint density at radius 3 is 3.16 bits per heavy atom. The first-order chi connectivity index (χ1) is 9.28. The maximum Gasteiger partial charge on any atom is 0.123 e. The lowest BCUT2D eigenvalue weighted by molar-refractivity contribution is 0.298. The Hall–Kier alpha value is -1.18. The Kier molecular flexibility index (Phi) is 3.67. The number of hydrogen-bond acceptors (Lipinski definition) is 3. The largest absolute Gasteiger partial charge is 0.310 e. The molecule has 4 heteroatoms. The van der Waals surface area contributed by atoms with E-state index in [-0.39, 0.29) is 0 Å². The summed E-state index contributed by atoms with van der Waals surface area (Å²) in [6, 6.07) is 4.62. The summed E-state index contributed by atoms with van der Waals surface area (Å²) in [5.41, 5.74) is 3.02. The van der Waals surface area contributed by atoms with E-state index in [1.54, 1.807) is 0 Å². The molecule has 0 aromatic carbocycles. The lowest BCUT2D eigenvalue weighted by atomic mass is 9.79. The normalized spacial score (nSPS) is 26.2. The lowest BCUT2D eigenvalue weighted by Gasteiger charge is -2.35. The van der Waals surface area contributed by atoms with E-state index in [4.69, 9.17) is 5.26 Å². The number of pyridine rings is 1. The van der Waals surface area contributed by atoms with Crippen LogP contribution in [0.4, 0.5) is 0 Å². The van der Waals surface area contributed by atoms with Crippen molar-refractivity contribution in [3.8, 4) is 6.07 Å². The number of rotatable bonds is 1. The van der Waals surface area contributed by atoms with Crippen LogP contribution in [-0.2, 0) is 0 Å². The van der Waals surface area contributed by atoms with Gasteiger partial charge in [-0.3, -0.25) is 0 Å². The lowest BCUT2D eigenvalue weighted by Crippen LogP contribution is -2.41. The fraction of sp³-hybridized carbons (Fsp3) is 0.467. The van der Waals surface area contributed by atoms with Crippen molar-refractivity contribution in [1.82, 2.24) is 10.3 Å². The zero-order chi connectivity index (χ0) is 13.2. The first-order valence-corrected chi connectivity index (χ1v) is 7.57. The number of fused-ring (bicyclic) bond motifs is 1. The van der Waals surface area contributed by atoms with Crippen LogP contribution in [0.2, 0.25) is 0 Å². The van der Waals surface area contributed by atoms with Crippen molar-refractivity contribution in [2.75, 3.05) is 6.54 Å². The third kappa shape index (κ3) is 2.58. The van der Waals surface area contributed by atoms with Gasteiger partial charge in [0, 0.05) is 12.2 Å². The number of halogens is 1. The average molecular weight is 318 g/mol. The van der Waals surface area contributed by atoms with Crippen LogP contribution < -0.4 is 5.32 Å². The van der Waals surface area contributed by atoms with Crippen LogP contribution in [0, 0.1) is 17.2 Å². The predicted octanol–water partition coefficient (Wildman–Crippen LogP) is 3.26. The zero-order valence-electron chi connectivity index (χ0n) is 10.7. The summed E-state index contributed by atoms with van der Waals surface area (Å²) in [7, 11) is 0. The molecule has 98 valence electrons. The third-order valence-electron chi connectivity index (χ3n) is 4.14. The molecular formula is C15H16BrN3. The van der Waals surface area contributed by atoms with Gasteiger partial charge in [0.1, 0.15) is 10.7 Å². The van der Waals surface area contributed by atoms with Gasteiger partial charge in [0.25, 0.3) is 0 Å². The molecule has 0 radical (unpaired) electrons. The van der Waals surface area contributed by atoms with Gasteiger partial charge >= 0.3 is 0 Å². The zero-order valence-corrected chi connectivity index (χ0v) is 12.3. The molecule has 2 heterocycles. The van der Waals surface area contributed by atoms with Crippen LogP contribution >= 0.6 is 15.9 Å². The highest BCUT2D eigenvalue weighted by molar-refractivity contribution is 9.10. The van der Waals surface area contributed by atoms with Crippen molar-refractivity contribution >= 4 is 21.5 Å². The molecule has 0 bridgehead atoms. The van der Waals surface area contributed by atoms with Gasteiger partial charge in [0.05, 0.1) is 5.56 Å². The predicted molar refractivity (Wildman–Crippen MR) is 78.4 cm³/mol. The Bertz CT molecular complexity index is 559. The molecule has 19 heavy (non-hydrogen) atoms. The van der Waals surface area contributed by atoms with Crippen LogP contribution in [-0.4, -0.2) is 17.6 Å². The van der Waals surface area contributed by atoms with Crippen LogP contribution in [0.5, 0.6) is 0 Å². The fourth-order valence-corrected chi connectivity index (χ4v) is 3.39. The molecule has 2 atom stereocenters. The second-order valence-corrected chi connectivity index (χ2v) is 6.04. The standard InChI is InChI=1S/C15H16BrN3/c16-15-12(8-17)6-13(9-19-15)11-4-3-10-2-1-5-18-14(10)7-11/h6-7,9-10,14,18H,1-5H2. The van der Waals surface area contributed by atoms with Crippen molar-refractivity contribution in [2.45, 2.75) is 31.7 Å². The van der Waals surface area contributed by atoms with Crippen molar-refractivity contribution in [3.05, 3.63) is 34.1 Å². The van der Waals surface area contributed by atoms with Crippen LogP contribution in [0.3, 0.4) is 0 Å². The van der Waals surface area contributed by atoms with E-state index in [0.29, 0.717) is 16.2 Å². The minimum Gasteiger partial charge on any atom is -0.310 e. The quantitative estimate of drug-likeness (QED) is 0.809. The Morgan fingerprint density at radius 1 is 1.42 bits per heavy atom. The highest BCUT2D eigenvalue weighted by Gasteiger charge is 2.27. The van der Waals surface area contributed by atoms with Crippen molar-refractivity contribution < 1.29 is 0 Å². The molecule has 3 rings (SSSR count). The maximum absolute atomic E-state index is 9.08.